The Labute approximate surface area is 144 Å². The minimum atomic E-state index is -3.46. The molecule has 1 N–H and O–H groups in total. The van der Waals surface area contributed by atoms with Crippen LogP contribution in [0.5, 0.6) is 5.88 Å². The monoisotopic (exact) mass is 361 g/mol. The quantitative estimate of drug-likeness (QED) is 0.654. The molecule has 2 heterocycles. The molecule has 0 aliphatic carbocycles. The summed E-state index contributed by atoms with van der Waals surface area (Å²) < 4.78 is 32.0. The van der Waals surface area contributed by atoms with Gasteiger partial charge in [-0.25, -0.2) is 13.1 Å². The minimum absolute atomic E-state index is 0.155. The largest absolute Gasteiger partial charge is 0.475 e. The van der Waals surface area contributed by atoms with Gasteiger partial charge in [-0.1, -0.05) is 36.4 Å². The normalized spacial score (nSPS) is 11.3. The van der Waals surface area contributed by atoms with Crippen LogP contribution in [0.25, 0.3) is 11.3 Å². The van der Waals surface area contributed by atoms with Gasteiger partial charge >= 0.3 is 0 Å². The molecule has 2 aromatic heterocycles. The number of thiophene rings is 1. The van der Waals surface area contributed by atoms with Gasteiger partial charge in [0.15, 0.2) is 0 Å². The van der Waals surface area contributed by atoms with Crippen LogP contribution in [0.15, 0.2) is 64.2 Å². The number of rotatable bonds is 7. The Balaban J connectivity index is 1.51. The van der Waals surface area contributed by atoms with E-state index < -0.39 is 10.0 Å². The number of benzene rings is 1. The number of hydrogen-bond donors (Lipinski definition) is 1. The molecule has 0 radical (unpaired) electrons. The van der Waals surface area contributed by atoms with Crippen LogP contribution in [0.4, 0.5) is 0 Å². The van der Waals surface area contributed by atoms with E-state index in [1.54, 1.807) is 23.6 Å². The maximum absolute atomic E-state index is 11.9. The molecule has 0 atom stereocenters. The molecule has 0 spiro atoms. The third-order valence-corrected chi connectivity index (χ3v) is 5.97. The van der Waals surface area contributed by atoms with Gasteiger partial charge in [0, 0.05) is 18.2 Å². The molecule has 6 nitrogen and oxygen atoms in total. The zero-order chi connectivity index (χ0) is 16.8. The van der Waals surface area contributed by atoms with E-state index >= 15 is 0 Å². The Morgan fingerprint density at radius 1 is 1.00 bits per heavy atom. The van der Waals surface area contributed by atoms with Crippen molar-refractivity contribution in [3.05, 3.63) is 60.0 Å². The van der Waals surface area contributed by atoms with Crippen molar-refractivity contribution in [3.63, 3.8) is 0 Å². The van der Waals surface area contributed by atoms with E-state index in [4.69, 9.17) is 4.74 Å². The molecule has 124 valence electrons. The highest BCUT2D eigenvalue weighted by Crippen LogP contribution is 2.17. The first-order chi connectivity index (χ1) is 11.6. The molecule has 0 saturated carbocycles. The zero-order valence-corrected chi connectivity index (χ0v) is 14.3. The van der Waals surface area contributed by atoms with Gasteiger partial charge in [-0.3, -0.25) is 0 Å². The standard InChI is InChI=1S/C16H15N3O3S2/c20-24(21,16-7-4-12-23-16)17-10-11-22-15-9-8-14(18-19-15)13-5-2-1-3-6-13/h1-9,12,17H,10-11H2. The molecule has 0 fully saturated rings. The van der Waals surface area contributed by atoms with Gasteiger partial charge in [0.25, 0.3) is 0 Å². The van der Waals surface area contributed by atoms with Crippen molar-refractivity contribution in [1.82, 2.24) is 14.9 Å². The van der Waals surface area contributed by atoms with Crippen LogP contribution < -0.4 is 9.46 Å². The first-order valence-electron chi connectivity index (χ1n) is 7.20. The van der Waals surface area contributed by atoms with Crippen LogP contribution in [-0.2, 0) is 10.0 Å². The fourth-order valence-electron chi connectivity index (χ4n) is 1.98. The molecule has 0 bridgehead atoms. The number of aromatic nitrogens is 2. The van der Waals surface area contributed by atoms with Crippen LogP contribution in [-0.4, -0.2) is 31.8 Å². The first kappa shape index (κ1) is 16.6. The van der Waals surface area contributed by atoms with Gasteiger partial charge in [0.1, 0.15) is 10.8 Å². The Hall–Kier alpha value is -2.29. The van der Waals surface area contributed by atoms with Crippen LogP contribution in [0.3, 0.4) is 0 Å². The van der Waals surface area contributed by atoms with Crippen LogP contribution in [0.1, 0.15) is 0 Å². The predicted octanol–water partition coefficient (Wildman–Crippen LogP) is 2.56. The molecule has 8 heteroatoms. The Morgan fingerprint density at radius 3 is 2.50 bits per heavy atom. The number of hydrogen-bond acceptors (Lipinski definition) is 6. The highest BCUT2D eigenvalue weighted by molar-refractivity contribution is 7.91. The fourth-order valence-corrected chi connectivity index (χ4v) is 4.03. The summed E-state index contributed by atoms with van der Waals surface area (Å²) in [5, 5.41) is 9.81. The van der Waals surface area contributed by atoms with Gasteiger partial charge in [-0.05, 0) is 17.5 Å². The second-order valence-corrected chi connectivity index (χ2v) is 7.74. The lowest BCUT2D eigenvalue weighted by atomic mass is 10.1. The van der Waals surface area contributed by atoms with Gasteiger partial charge < -0.3 is 4.74 Å². The summed E-state index contributed by atoms with van der Waals surface area (Å²) in [6.07, 6.45) is 0. The average Bonchev–Trinajstić information content (AvgIpc) is 3.16. The van der Waals surface area contributed by atoms with E-state index in [-0.39, 0.29) is 17.4 Å². The Bertz CT molecular complexity index is 865. The summed E-state index contributed by atoms with van der Waals surface area (Å²) in [6.45, 7) is 0.326. The fraction of sp³-hybridized carbons (Fsp3) is 0.125. The summed E-state index contributed by atoms with van der Waals surface area (Å²) in [7, 11) is -3.46. The van der Waals surface area contributed by atoms with E-state index in [1.165, 1.54) is 11.3 Å². The topological polar surface area (TPSA) is 81.2 Å². The minimum Gasteiger partial charge on any atom is -0.475 e. The number of sulfonamides is 1. The van der Waals surface area contributed by atoms with Gasteiger partial charge in [0.2, 0.25) is 15.9 Å². The van der Waals surface area contributed by atoms with Crippen molar-refractivity contribution in [3.8, 4) is 17.1 Å². The third kappa shape index (κ3) is 4.16. The highest BCUT2D eigenvalue weighted by atomic mass is 32.2. The maximum atomic E-state index is 11.9. The van der Waals surface area contributed by atoms with Gasteiger partial charge in [-0.15, -0.1) is 21.5 Å². The zero-order valence-electron chi connectivity index (χ0n) is 12.6. The lowest BCUT2D eigenvalue weighted by molar-refractivity contribution is 0.307. The molecular weight excluding hydrogens is 346 g/mol. The van der Waals surface area contributed by atoms with E-state index in [2.05, 4.69) is 14.9 Å². The van der Waals surface area contributed by atoms with Crippen LogP contribution in [0.2, 0.25) is 0 Å². The van der Waals surface area contributed by atoms with Crippen molar-refractivity contribution in [2.45, 2.75) is 4.21 Å². The van der Waals surface area contributed by atoms with E-state index in [9.17, 15) is 8.42 Å². The second-order valence-electron chi connectivity index (χ2n) is 4.80. The van der Waals surface area contributed by atoms with Crippen molar-refractivity contribution >= 4 is 21.4 Å². The van der Waals surface area contributed by atoms with Crippen molar-refractivity contribution in [1.29, 1.82) is 0 Å². The Kier molecular flexibility index (Phi) is 5.19. The average molecular weight is 361 g/mol. The molecule has 0 aliphatic rings. The molecule has 3 aromatic rings. The molecule has 24 heavy (non-hydrogen) atoms. The summed E-state index contributed by atoms with van der Waals surface area (Å²) in [5.74, 6) is 0.352. The number of nitrogens with zero attached hydrogens (tertiary/aromatic N) is 2. The molecule has 0 unspecified atom stereocenters. The van der Waals surface area contributed by atoms with Crippen LogP contribution >= 0.6 is 11.3 Å². The summed E-state index contributed by atoms with van der Waals surface area (Å²) in [6, 6.07) is 16.5. The number of ether oxygens (including phenoxy) is 1. The second kappa shape index (κ2) is 7.52. The van der Waals surface area contributed by atoms with Crippen molar-refractivity contribution in [2.75, 3.05) is 13.2 Å². The smallest absolute Gasteiger partial charge is 0.250 e. The Morgan fingerprint density at radius 2 is 1.83 bits per heavy atom. The molecule has 0 aliphatic heterocycles. The lowest BCUT2D eigenvalue weighted by Crippen LogP contribution is -2.27. The maximum Gasteiger partial charge on any atom is 0.250 e. The third-order valence-electron chi connectivity index (χ3n) is 3.11. The van der Waals surface area contributed by atoms with Crippen LogP contribution in [0, 0.1) is 0 Å². The molecular formula is C16H15N3O3S2. The van der Waals surface area contributed by atoms with E-state index in [0.29, 0.717) is 5.88 Å². The summed E-state index contributed by atoms with van der Waals surface area (Å²) in [4.78, 5) is 0. The van der Waals surface area contributed by atoms with E-state index in [1.807, 2.05) is 36.4 Å². The summed E-state index contributed by atoms with van der Waals surface area (Å²) in [5.41, 5.74) is 1.72. The molecule has 1 aromatic carbocycles. The summed E-state index contributed by atoms with van der Waals surface area (Å²) >= 11 is 1.17. The molecule has 0 saturated heterocycles. The lowest BCUT2D eigenvalue weighted by Gasteiger charge is -2.07. The van der Waals surface area contributed by atoms with Gasteiger partial charge in [0.05, 0.1) is 5.69 Å². The first-order valence-corrected chi connectivity index (χ1v) is 9.56. The predicted molar refractivity (Wildman–Crippen MR) is 92.5 cm³/mol. The van der Waals surface area contributed by atoms with Crippen molar-refractivity contribution < 1.29 is 13.2 Å². The van der Waals surface area contributed by atoms with Crippen molar-refractivity contribution in [2.24, 2.45) is 0 Å². The molecule has 3 rings (SSSR count). The SMILES string of the molecule is O=S(=O)(NCCOc1ccc(-c2ccccc2)nn1)c1cccs1. The van der Waals surface area contributed by atoms with E-state index in [0.717, 1.165) is 11.3 Å². The number of nitrogens with one attached hydrogen (secondary N) is 1. The van der Waals surface area contributed by atoms with Gasteiger partial charge in [-0.2, -0.15) is 0 Å². The molecule has 0 amide bonds. The highest BCUT2D eigenvalue weighted by Gasteiger charge is 2.14.